The van der Waals surface area contributed by atoms with Gasteiger partial charge >= 0.3 is 5.97 Å². The van der Waals surface area contributed by atoms with Crippen LogP contribution in [-0.4, -0.2) is 35.3 Å². The molecule has 0 bridgehead atoms. The van der Waals surface area contributed by atoms with Crippen molar-refractivity contribution in [3.05, 3.63) is 10.6 Å². The van der Waals surface area contributed by atoms with Crippen molar-refractivity contribution in [1.29, 1.82) is 0 Å². The van der Waals surface area contributed by atoms with Crippen LogP contribution in [0.4, 0.5) is 5.13 Å². The van der Waals surface area contributed by atoms with E-state index in [-0.39, 0.29) is 11.3 Å². The molecule has 0 aliphatic carbocycles. The van der Waals surface area contributed by atoms with Gasteiger partial charge in [-0.3, -0.25) is 0 Å². The van der Waals surface area contributed by atoms with Gasteiger partial charge in [0, 0.05) is 18.5 Å². The van der Waals surface area contributed by atoms with Gasteiger partial charge in [-0.05, 0) is 20.8 Å². The van der Waals surface area contributed by atoms with Gasteiger partial charge in [0.1, 0.15) is 0 Å². The maximum absolute atomic E-state index is 10.8. The molecule has 1 rings (SSSR count). The quantitative estimate of drug-likeness (QED) is 0.828. The van der Waals surface area contributed by atoms with E-state index in [9.17, 15) is 4.79 Å². The highest BCUT2D eigenvalue weighted by Crippen LogP contribution is 2.22. The molecule has 0 saturated carbocycles. The molecule has 0 unspecified atom stereocenters. The van der Waals surface area contributed by atoms with Gasteiger partial charge in [-0.15, -0.1) is 11.3 Å². The number of aromatic carboxylic acids is 1. The number of anilines is 1. The lowest BCUT2D eigenvalue weighted by Gasteiger charge is -2.22. The zero-order valence-electron chi connectivity index (χ0n) is 9.83. The van der Waals surface area contributed by atoms with Crippen molar-refractivity contribution in [3.8, 4) is 0 Å². The van der Waals surface area contributed by atoms with Gasteiger partial charge in [-0.2, -0.15) is 0 Å². The Bertz CT molecular complexity index is 387. The number of hydrogen-bond acceptors (Lipinski definition) is 5. The topological polar surface area (TPSA) is 71.5 Å². The van der Waals surface area contributed by atoms with Gasteiger partial charge in [-0.1, -0.05) is 0 Å². The Labute approximate surface area is 98.5 Å². The highest BCUT2D eigenvalue weighted by Gasteiger charge is 2.18. The van der Waals surface area contributed by atoms with E-state index in [0.29, 0.717) is 16.6 Å². The number of aromatic nitrogens is 1. The maximum atomic E-state index is 10.8. The summed E-state index contributed by atoms with van der Waals surface area (Å²) in [4.78, 5) is 15.5. The lowest BCUT2D eigenvalue weighted by molar-refractivity contribution is 0.0344. The second kappa shape index (κ2) is 4.80. The number of carbonyl (C=O) groups is 1. The molecule has 1 heterocycles. The molecule has 0 radical (unpaired) electrons. The molecule has 1 aromatic rings. The Kier molecular flexibility index (Phi) is 3.88. The molecule has 0 saturated heterocycles. The third kappa shape index (κ3) is 3.18. The van der Waals surface area contributed by atoms with E-state index in [1.165, 1.54) is 11.3 Å². The molecule has 0 amide bonds. The van der Waals surface area contributed by atoms with Gasteiger partial charge in [-0.25, -0.2) is 9.78 Å². The van der Waals surface area contributed by atoms with E-state index in [1.54, 1.807) is 14.0 Å². The van der Waals surface area contributed by atoms with Crippen molar-refractivity contribution < 1.29 is 14.6 Å². The normalized spacial score (nSPS) is 11.5. The number of hydrogen-bond donors (Lipinski definition) is 2. The summed E-state index contributed by atoms with van der Waals surface area (Å²) in [6, 6.07) is 0. The number of ether oxygens (including phenoxy) is 1. The fraction of sp³-hybridized carbons (Fsp3) is 0.600. The number of rotatable bonds is 5. The maximum Gasteiger partial charge on any atom is 0.355 e. The Morgan fingerprint density at radius 2 is 2.25 bits per heavy atom. The molecular formula is C10H16N2O3S. The van der Waals surface area contributed by atoms with Crippen molar-refractivity contribution in [3.63, 3.8) is 0 Å². The van der Waals surface area contributed by atoms with Gasteiger partial charge < -0.3 is 15.2 Å². The van der Waals surface area contributed by atoms with Crippen LogP contribution in [0, 0.1) is 6.92 Å². The van der Waals surface area contributed by atoms with Crippen LogP contribution >= 0.6 is 11.3 Å². The highest BCUT2D eigenvalue weighted by atomic mass is 32.1. The molecule has 16 heavy (non-hydrogen) atoms. The predicted molar refractivity (Wildman–Crippen MR) is 63.4 cm³/mol. The molecule has 0 aliphatic heterocycles. The number of nitrogens with zero attached hydrogens (tertiary/aromatic N) is 1. The van der Waals surface area contributed by atoms with E-state index in [0.717, 1.165) is 0 Å². The fourth-order valence-corrected chi connectivity index (χ4v) is 1.83. The first kappa shape index (κ1) is 12.9. The van der Waals surface area contributed by atoms with Crippen molar-refractivity contribution in [2.75, 3.05) is 19.0 Å². The lowest BCUT2D eigenvalue weighted by atomic mass is 10.1. The first-order chi connectivity index (χ1) is 7.35. The van der Waals surface area contributed by atoms with Crippen LogP contribution in [-0.2, 0) is 4.74 Å². The van der Waals surface area contributed by atoms with Crippen molar-refractivity contribution in [2.24, 2.45) is 0 Å². The first-order valence-corrected chi connectivity index (χ1v) is 5.67. The van der Waals surface area contributed by atoms with E-state index < -0.39 is 5.97 Å². The molecule has 0 aliphatic rings. The summed E-state index contributed by atoms with van der Waals surface area (Å²) in [6.07, 6.45) is 0. The molecule has 0 spiro atoms. The summed E-state index contributed by atoms with van der Waals surface area (Å²) in [5, 5.41) is 12.5. The molecule has 90 valence electrons. The lowest BCUT2D eigenvalue weighted by Crippen LogP contribution is -2.32. The zero-order valence-corrected chi connectivity index (χ0v) is 10.6. The van der Waals surface area contributed by atoms with Crippen LogP contribution in [0.3, 0.4) is 0 Å². The van der Waals surface area contributed by atoms with Crippen LogP contribution in [0.15, 0.2) is 0 Å². The molecule has 0 atom stereocenters. The number of carboxylic acid groups (broad SMARTS) is 1. The van der Waals surface area contributed by atoms with Crippen LogP contribution < -0.4 is 5.32 Å². The molecule has 1 aromatic heterocycles. The minimum absolute atomic E-state index is 0.114. The summed E-state index contributed by atoms with van der Waals surface area (Å²) in [6.45, 7) is 6.21. The third-order valence-corrected chi connectivity index (χ3v) is 3.15. The number of methoxy groups -OCH3 is 1. The zero-order chi connectivity index (χ0) is 12.3. The van der Waals surface area contributed by atoms with Crippen LogP contribution in [0.25, 0.3) is 0 Å². The van der Waals surface area contributed by atoms with Crippen LogP contribution in [0.1, 0.15) is 29.2 Å². The molecule has 6 heteroatoms. The van der Waals surface area contributed by atoms with Gasteiger partial charge in [0.15, 0.2) is 10.8 Å². The van der Waals surface area contributed by atoms with Crippen molar-refractivity contribution >= 4 is 22.4 Å². The summed E-state index contributed by atoms with van der Waals surface area (Å²) < 4.78 is 5.24. The number of nitrogens with one attached hydrogen (secondary N) is 1. The summed E-state index contributed by atoms with van der Waals surface area (Å²) in [5.74, 6) is -0.993. The first-order valence-electron chi connectivity index (χ1n) is 4.85. The van der Waals surface area contributed by atoms with Crippen molar-refractivity contribution in [2.45, 2.75) is 26.4 Å². The summed E-state index contributed by atoms with van der Waals surface area (Å²) in [5.41, 5.74) is -0.189. The number of carboxylic acids is 1. The SMILES string of the molecule is COC(C)(C)CNc1nc(C(=O)O)c(C)s1. The molecule has 0 fully saturated rings. The minimum Gasteiger partial charge on any atom is -0.476 e. The standard InChI is InChI=1S/C10H16N2O3S/c1-6-7(8(13)14)12-9(16-6)11-5-10(2,3)15-4/h5H2,1-4H3,(H,11,12)(H,13,14). The van der Waals surface area contributed by atoms with Crippen molar-refractivity contribution in [1.82, 2.24) is 4.98 Å². The average Bonchev–Trinajstić information content (AvgIpc) is 2.57. The molecule has 5 nitrogen and oxygen atoms in total. The minimum atomic E-state index is -0.993. The van der Waals surface area contributed by atoms with Gasteiger partial charge in [0.05, 0.1) is 5.60 Å². The fourth-order valence-electron chi connectivity index (χ4n) is 1.03. The Balaban J connectivity index is 2.69. The van der Waals surface area contributed by atoms with Crippen LogP contribution in [0.2, 0.25) is 0 Å². The van der Waals surface area contributed by atoms with Gasteiger partial charge in [0.25, 0.3) is 0 Å². The second-order valence-corrected chi connectivity index (χ2v) is 5.25. The third-order valence-electron chi connectivity index (χ3n) is 2.22. The van der Waals surface area contributed by atoms with Gasteiger partial charge in [0.2, 0.25) is 0 Å². The Morgan fingerprint density at radius 3 is 2.69 bits per heavy atom. The van der Waals surface area contributed by atoms with E-state index >= 15 is 0 Å². The number of aryl methyl sites for hydroxylation is 1. The Morgan fingerprint density at radius 1 is 1.62 bits per heavy atom. The predicted octanol–water partition coefficient (Wildman–Crippen LogP) is 1.99. The van der Waals surface area contributed by atoms with E-state index in [2.05, 4.69) is 10.3 Å². The average molecular weight is 244 g/mol. The molecule has 0 aromatic carbocycles. The molecule has 2 N–H and O–H groups in total. The second-order valence-electron chi connectivity index (χ2n) is 4.05. The summed E-state index contributed by atoms with van der Waals surface area (Å²) >= 11 is 1.34. The molecular weight excluding hydrogens is 228 g/mol. The smallest absolute Gasteiger partial charge is 0.355 e. The summed E-state index contributed by atoms with van der Waals surface area (Å²) in [7, 11) is 1.64. The van der Waals surface area contributed by atoms with E-state index in [1.807, 2.05) is 13.8 Å². The van der Waals surface area contributed by atoms with Crippen LogP contribution in [0.5, 0.6) is 0 Å². The Hall–Kier alpha value is -1.14. The monoisotopic (exact) mass is 244 g/mol. The number of thiazole rings is 1. The highest BCUT2D eigenvalue weighted by molar-refractivity contribution is 7.15. The largest absolute Gasteiger partial charge is 0.476 e. The van der Waals surface area contributed by atoms with E-state index in [4.69, 9.17) is 9.84 Å².